The Kier molecular flexibility index (Phi) is 13.5. The Balaban J connectivity index is 0.000000523. The van der Waals surface area contributed by atoms with Crippen molar-refractivity contribution in [1.82, 2.24) is 15.1 Å². The van der Waals surface area contributed by atoms with Gasteiger partial charge in [0, 0.05) is 36.9 Å². The van der Waals surface area contributed by atoms with Gasteiger partial charge in [0.25, 0.3) is 0 Å². The summed E-state index contributed by atoms with van der Waals surface area (Å²) in [6.07, 6.45) is 0. The molecule has 1 heterocycles. The summed E-state index contributed by atoms with van der Waals surface area (Å²) in [7, 11) is 2.06. The van der Waals surface area contributed by atoms with Crippen LogP contribution in [0.25, 0.3) is 0 Å². The van der Waals surface area contributed by atoms with Crippen LogP contribution in [0.15, 0.2) is 103 Å². The number of piperazine rings is 1. The molecule has 8 nitrogen and oxygen atoms in total. The lowest BCUT2D eigenvalue weighted by molar-refractivity contribution is -0.129. The van der Waals surface area contributed by atoms with Crippen LogP contribution in [-0.4, -0.2) is 74.0 Å². The molecule has 0 saturated carbocycles. The second-order valence-electron chi connectivity index (χ2n) is 10.7. The molecule has 1 aliphatic rings. The fraction of sp³-hybridized carbons (Fsp3) is 0.257. The molecular formula is C35H37ClF2N4O4. The van der Waals surface area contributed by atoms with Crippen molar-refractivity contribution in [3.05, 3.63) is 125 Å². The van der Waals surface area contributed by atoms with Crippen molar-refractivity contribution in [2.45, 2.75) is 12.6 Å². The van der Waals surface area contributed by atoms with E-state index < -0.39 is 6.04 Å². The summed E-state index contributed by atoms with van der Waals surface area (Å²) in [5, 5.41) is 6.12. The molecule has 0 aliphatic carbocycles. The Morgan fingerprint density at radius 3 is 2.09 bits per heavy atom. The summed E-state index contributed by atoms with van der Waals surface area (Å²) >= 11 is 5.40. The average Bonchev–Trinajstić information content (AvgIpc) is 3.04. The van der Waals surface area contributed by atoms with Crippen molar-refractivity contribution >= 4 is 29.1 Å². The third-order valence-corrected chi connectivity index (χ3v) is 7.20. The normalized spacial score (nSPS) is 14.0. The van der Waals surface area contributed by atoms with Gasteiger partial charge in [-0.25, -0.2) is 8.78 Å². The summed E-state index contributed by atoms with van der Waals surface area (Å²) < 4.78 is 36.7. The third-order valence-electron chi connectivity index (χ3n) is 6.97. The minimum absolute atomic E-state index is 0.0287. The molecule has 0 spiro atoms. The maximum atomic E-state index is 13.1. The number of rotatable bonds is 11. The van der Waals surface area contributed by atoms with Gasteiger partial charge in [-0.1, -0.05) is 48.0 Å². The molecule has 1 atom stereocenters. The summed E-state index contributed by atoms with van der Waals surface area (Å²) in [5.41, 5.74) is 1.52. The Morgan fingerprint density at radius 2 is 1.48 bits per heavy atom. The number of benzene rings is 4. The topological polar surface area (TPSA) is 83.1 Å². The molecule has 242 valence electrons. The van der Waals surface area contributed by atoms with Gasteiger partial charge in [0.1, 0.15) is 29.2 Å². The largest absolute Gasteiger partial charge is 0.457 e. The van der Waals surface area contributed by atoms with E-state index in [9.17, 15) is 18.4 Å². The number of hydrogen-bond donors (Lipinski definition) is 2. The van der Waals surface area contributed by atoms with Crippen LogP contribution in [-0.2, 0) is 20.9 Å². The fourth-order valence-corrected chi connectivity index (χ4v) is 4.61. The number of likely N-dealkylation sites (N-methyl/N-ethyl adjacent to an activating group) is 1. The zero-order chi connectivity index (χ0) is 32.7. The molecular weight excluding hydrogens is 614 g/mol. The first-order chi connectivity index (χ1) is 22.2. The third kappa shape index (κ3) is 12.2. The molecule has 0 aromatic heterocycles. The Morgan fingerprint density at radius 1 is 0.826 bits per heavy atom. The van der Waals surface area contributed by atoms with Gasteiger partial charge in [0.05, 0.1) is 19.8 Å². The lowest BCUT2D eigenvalue weighted by Crippen LogP contribution is -2.52. The maximum Gasteiger partial charge on any atom is 0.249 e. The molecule has 11 heteroatoms. The van der Waals surface area contributed by atoms with Crippen molar-refractivity contribution in [3.8, 4) is 11.5 Å². The number of nitrogens with zero attached hydrogens (tertiary/aromatic N) is 2. The van der Waals surface area contributed by atoms with E-state index in [4.69, 9.17) is 21.1 Å². The average molecular weight is 651 g/mol. The highest BCUT2D eigenvalue weighted by Crippen LogP contribution is 2.23. The summed E-state index contributed by atoms with van der Waals surface area (Å²) in [5.74, 6) is -0.191. The molecule has 1 aliphatic heterocycles. The number of carbonyl (C=O) groups excluding carboxylic acids is 2. The molecule has 5 rings (SSSR count). The van der Waals surface area contributed by atoms with Gasteiger partial charge in [-0.05, 0) is 79.3 Å². The first kappa shape index (κ1) is 34.5. The summed E-state index contributed by atoms with van der Waals surface area (Å²) in [4.78, 5) is 30.2. The van der Waals surface area contributed by atoms with Crippen LogP contribution in [0, 0.1) is 11.6 Å². The van der Waals surface area contributed by atoms with Gasteiger partial charge in [-0.3, -0.25) is 14.5 Å². The minimum atomic E-state index is -0.867. The Bertz CT molecular complexity index is 1500. The highest BCUT2D eigenvalue weighted by atomic mass is 35.5. The molecule has 1 fully saturated rings. The van der Waals surface area contributed by atoms with Crippen molar-refractivity contribution in [2.75, 3.05) is 51.7 Å². The van der Waals surface area contributed by atoms with Gasteiger partial charge < -0.3 is 25.0 Å². The number of hydrogen-bond acceptors (Lipinski definition) is 6. The molecule has 1 unspecified atom stereocenters. The second kappa shape index (κ2) is 18.0. The predicted octanol–water partition coefficient (Wildman–Crippen LogP) is 5.98. The van der Waals surface area contributed by atoms with Gasteiger partial charge in [0.2, 0.25) is 11.8 Å². The second-order valence-corrected chi connectivity index (χ2v) is 11.1. The van der Waals surface area contributed by atoms with Crippen molar-refractivity contribution in [2.24, 2.45) is 0 Å². The van der Waals surface area contributed by atoms with Crippen LogP contribution < -0.4 is 15.4 Å². The monoisotopic (exact) mass is 650 g/mol. The standard InChI is InChI=1S/C29H33FN4O4.C6H4ClF/c1-33-15-17-34(18-16-33)19-28(35)32-27(21-37-20-22-5-3-2-4-6-22)29(36)31-24-9-13-26(14-10-24)38-25-11-7-23(30)8-12-25;7-5-2-1-3-6(8)4-5/h2-14,27H,15-21H2,1H3,(H,31,36)(H,32,35);1-4H. The highest BCUT2D eigenvalue weighted by Gasteiger charge is 2.24. The molecule has 1 saturated heterocycles. The highest BCUT2D eigenvalue weighted by molar-refractivity contribution is 6.30. The summed E-state index contributed by atoms with van der Waals surface area (Å²) in [6, 6.07) is 27.1. The van der Waals surface area contributed by atoms with Crippen LogP contribution in [0.2, 0.25) is 5.02 Å². The van der Waals surface area contributed by atoms with E-state index in [0.29, 0.717) is 28.8 Å². The smallest absolute Gasteiger partial charge is 0.249 e. The van der Waals surface area contributed by atoms with Crippen molar-refractivity contribution < 1.29 is 27.8 Å². The molecule has 46 heavy (non-hydrogen) atoms. The van der Waals surface area contributed by atoms with E-state index in [-0.39, 0.29) is 36.6 Å². The lowest BCUT2D eigenvalue weighted by atomic mass is 10.2. The number of ether oxygens (including phenoxy) is 2. The number of amides is 2. The van der Waals surface area contributed by atoms with Gasteiger partial charge >= 0.3 is 0 Å². The number of nitrogens with one attached hydrogen (secondary N) is 2. The first-order valence-electron chi connectivity index (χ1n) is 14.8. The molecule has 0 radical (unpaired) electrons. The number of anilines is 1. The first-order valence-corrected chi connectivity index (χ1v) is 15.2. The van der Waals surface area contributed by atoms with Crippen LogP contribution in [0.4, 0.5) is 14.5 Å². The van der Waals surface area contributed by atoms with Gasteiger partial charge in [0.15, 0.2) is 0 Å². The van der Waals surface area contributed by atoms with Gasteiger partial charge in [-0.15, -0.1) is 0 Å². The summed E-state index contributed by atoms with van der Waals surface area (Å²) in [6.45, 7) is 3.99. The van der Waals surface area contributed by atoms with E-state index in [0.717, 1.165) is 31.7 Å². The van der Waals surface area contributed by atoms with Crippen LogP contribution in [0.1, 0.15) is 5.56 Å². The van der Waals surface area contributed by atoms with E-state index in [1.54, 1.807) is 36.4 Å². The Hall–Kier alpha value is -4.35. The van der Waals surface area contributed by atoms with Crippen molar-refractivity contribution in [3.63, 3.8) is 0 Å². The van der Waals surface area contributed by atoms with Crippen LogP contribution in [0.3, 0.4) is 0 Å². The predicted molar refractivity (Wildman–Crippen MR) is 175 cm³/mol. The maximum absolute atomic E-state index is 13.1. The SMILES string of the molecule is CN1CCN(CC(=O)NC(COCc2ccccc2)C(=O)Nc2ccc(Oc3ccc(F)cc3)cc2)CC1.Fc1cccc(Cl)c1. The van der Waals surface area contributed by atoms with E-state index in [1.807, 2.05) is 30.3 Å². The van der Waals surface area contributed by atoms with Crippen LogP contribution in [0.5, 0.6) is 11.5 Å². The molecule has 2 N–H and O–H groups in total. The minimum Gasteiger partial charge on any atom is -0.457 e. The molecule has 2 amide bonds. The molecule has 4 aromatic rings. The molecule has 4 aromatic carbocycles. The zero-order valence-electron chi connectivity index (χ0n) is 25.5. The van der Waals surface area contributed by atoms with Gasteiger partial charge in [-0.2, -0.15) is 0 Å². The fourth-order valence-electron chi connectivity index (χ4n) is 4.44. The van der Waals surface area contributed by atoms with Crippen LogP contribution >= 0.6 is 11.6 Å². The number of carbonyl (C=O) groups is 2. The number of halogens is 3. The quantitative estimate of drug-likeness (QED) is 0.208. The zero-order valence-corrected chi connectivity index (χ0v) is 26.3. The molecule has 0 bridgehead atoms. The van der Waals surface area contributed by atoms with E-state index in [1.165, 1.54) is 36.4 Å². The van der Waals surface area contributed by atoms with E-state index >= 15 is 0 Å². The lowest BCUT2D eigenvalue weighted by Gasteiger charge is -2.32. The Labute approximate surface area is 272 Å². The van der Waals surface area contributed by atoms with E-state index in [2.05, 4.69) is 27.5 Å². The van der Waals surface area contributed by atoms with Crippen molar-refractivity contribution in [1.29, 1.82) is 0 Å².